The molecule has 0 spiro atoms. The van der Waals surface area contributed by atoms with Crippen LogP contribution in [0, 0.1) is 0 Å². The summed E-state index contributed by atoms with van der Waals surface area (Å²) in [4.78, 5) is 28.5. The highest BCUT2D eigenvalue weighted by Crippen LogP contribution is 2.23. The lowest BCUT2D eigenvalue weighted by Crippen LogP contribution is -2.35. The van der Waals surface area contributed by atoms with Crippen molar-refractivity contribution in [1.82, 2.24) is 15.2 Å². The molecular formula is C45H61N6O6S2+. The van der Waals surface area contributed by atoms with Crippen LogP contribution in [0.5, 0.6) is 0 Å². The molecular weight excluding hydrogens is 785 g/mol. The van der Waals surface area contributed by atoms with Crippen LogP contribution in [0.4, 0.5) is 11.4 Å². The first-order valence-electron chi connectivity index (χ1n) is 20.3. The smallest absolute Gasteiger partial charge is 0.220 e. The van der Waals surface area contributed by atoms with Gasteiger partial charge in [-0.15, -0.1) is 0 Å². The molecule has 2 aromatic heterocycles. The summed E-state index contributed by atoms with van der Waals surface area (Å²) in [5.74, 6) is 1.49. The van der Waals surface area contributed by atoms with Crippen LogP contribution in [0.15, 0.2) is 91.5 Å². The van der Waals surface area contributed by atoms with Crippen LogP contribution < -0.4 is 25.0 Å². The Hall–Kier alpha value is -4.57. The Morgan fingerprint density at radius 2 is 1.03 bits per heavy atom. The third-order valence-corrected chi connectivity index (χ3v) is 11.8. The van der Waals surface area contributed by atoms with Crippen molar-refractivity contribution in [3.05, 3.63) is 114 Å². The van der Waals surface area contributed by atoms with Crippen molar-refractivity contribution in [3.63, 3.8) is 0 Å². The maximum Gasteiger partial charge on any atom is 0.220 e. The number of aryl methyl sites for hydroxylation is 2. The van der Waals surface area contributed by atoms with Crippen LogP contribution >= 0.6 is 21.6 Å². The molecule has 2 aromatic carbocycles. The zero-order chi connectivity index (χ0) is 41.9. The van der Waals surface area contributed by atoms with Gasteiger partial charge in [0.05, 0.1) is 26.4 Å². The second-order valence-electron chi connectivity index (χ2n) is 13.8. The van der Waals surface area contributed by atoms with Crippen molar-refractivity contribution >= 4 is 69.1 Å². The summed E-state index contributed by atoms with van der Waals surface area (Å²) in [7, 11) is 3.25. The molecule has 318 valence electrons. The summed E-state index contributed by atoms with van der Waals surface area (Å²) in [5.41, 5.74) is 6.25. The normalized spacial score (nSPS) is 11.4. The molecule has 2 amide bonds. The summed E-state index contributed by atoms with van der Waals surface area (Å²) in [6, 6.07) is 22.3. The molecule has 14 heteroatoms. The molecule has 0 unspecified atom stereocenters. The predicted octanol–water partition coefficient (Wildman–Crippen LogP) is 4.57. The lowest BCUT2D eigenvalue weighted by Gasteiger charge is -2.22. The van der Waals surface area contributed by atoms with Gasteiger partial charge >= 0.3 is 0 Å². The number of carbonyl (C=O) groups is 2. The lowest BCUT2D eigenvalue weighted by atomic mass is 10.1. The third kappa shape index (κ3) is 18.5. The van der Waals surface area contributed by atoms with Crippen LogP contribution in [0.2, 0.25) is 0 Å². The number of anilines is 2. The molecule has 0 atom stereocenters. The van der Waals surface area contributed by atoms with Gasteiger partial charge in [-0.3, -0.25) is 9.59 Å². The Labute approximate surface area is 357 Å². The lowest BCUT2D eigenvalue weighted by molar-refractivity contribution is -0.697. The molecule has 0 fully saturated rings. The van der Waals surface area contributed by atoms with Gasteiger partial charge in [0.1, 0.15) is 6.54 Å². The van der Waals surface area contributed by atoms with Crippen molar-refractivity contribution in [2.24, 2.45) is 0 Å². The first-order valence-corrected chi connectivity index (χ1v) is 22.8. The number of nitrogens with one attached hydrogen (secondary N) is 2. The first kappa shape index (κ1) is 47.1. The Bertz CT molecular complexity index is 1820. The molecule has 12 nitrogen and oxygen atoms in total. The van der Waals surface area contributed by atoms with Crippen LogP contribution in [0.1, 0.15) is 47.9 Å². The fourth-order valence-electron chi connectivity index (χ4n) is 6.17. The van der Waals surface area contributed by atoms with Crippen LogP contribution in [-0.2, 0) is 22.7 Å². The molecule has 4 aromatic rings. The summed E-state index contributed by atoms with van der Waals surface area (Å²) in [6.07, 6.45) is 19.0. The Kier molecular flexibility index (Phi) is 22.4. The molecule has 0 radical (unpaired) electrons. The highest BCUT2D eigenvalue weighted by Gasteiger charge is 2.08. The number of aromatic nitrogens is 2. The molecule has 4 rings (SSSR count). The van der Waals surface area contributed by atoms with Crippen LogP contribution in [-0.4, -0.2) is 114 Å². The fraction of sp³-hybridized carbons (Fsp3) is 0.400. The van der Waals surface area contributed by atoms with E-state index in [1.807, 2.05) is 76.9 Å². The van der Waals surface area contributed by atoms with E-state index in [0.717, 1.165) is 59.6 Å². The van der Waals surface area contributed by atoms with Crippen molar-refractivity contribution in [2.75, 3.05) is 87.0 Å². The average Bonchev–Trinajstić information content (AvgIpc) is 3.72. The van der Waals surface area contributed by atoms with E-state index in [4.69, 9.17) is 0 Å². The number of pyridine rings is 1. The number of rotatable bonds is 29. The molecule has 6 N–H and O–H groups in total. The minimum absolute atomic E-state index is 0.0373. The van der Waals surface area contributed by atoms with E-state index < -0.39 is 0 Å². The number of hydrogen-bond donors (Lipinski definition) is 6. The fourth-order valence-corrected chi connectivity index (χ4v) is 8.15. The number of hydrogen-bond acceptors (Lipinski definition) is 10. The van der Waals surface area contributed by atoms with Gasteiger partial charge in [0.15, 0.2) is 12.4 Å². The predicted molar refractivity (Wildman–Crippen MR) is 244 cm³/mol. The second-order valence-corrected chi connectivity index (χ2v) is 16.5. The molecule has 0 aliphatic carbocycles. The van der Waals surface area contributed by atoms with Gasteiger partial charge < -0.3 is 45.4 Å². The van der Waals surface area contributed by atoms with E-state index in [-0.39, 0.29) is 38.2 Å². The zero-order valence-electron chi connectivity index (χ0n) is 33.9. The van der Waals surface area contributed by atoms with Crippen molar-refractivity contribution in [2.45, 2.75) is 38.8 Å². The van der Waals surface area contributed by atoms with Crippen molar-refractivity contribution < 1.29 is 34.6 Å². The SMILES string of the molecule is O=C(CCSSCCC(=O)NCCC[n+]1ccc(/C=C/c2ccc(N(CCO)CCO)cc2)cc1)NCCCn1ccc(/C=C/c2ccc(N(CCO)CCO)cc2)c1. The number of nitrogens with zero attached hydrogens (tertiary/aromatic N) is 4. The zero-order valence-corrected chi connectivity index (χ0v) is 35.5. The third-order valence-electron chi connectivity index (χ3n) is 9.36. The monoisotopic (exact) mass is 845 g/mol. The molecule has 0 bridgehead atoms. The van der Waals surface area contributed by atoms with E-state index in [0.29, 0.717) is 63.6 Å². The van der Waals surface area contributed by atoms with E-state index >= 15 is 0 Å². The van der Waals surface area contributed by atoms with Gasteiger partial charge in [-0.05, 0) is 59.0 Å². The Balaban J connectivity index is 0.984. The minimum atomic E-state index is 0.0373. The topological polar surface area (TPSA) is 154 Å². The quantitative estimate of drug-likeness (QED) is 0.0261. The largest absolute Gasteiger partial charge is 0.395 e. The van der Waals surface area contributed by atoms with Crippen LogP contribution in [0.3, 0.4) is 0 Å². The van der Waals surface area contributed by atoms with Gasteiger partial charge in [0.25, 0.3) is 0 Å². The molecule has 0 aliphatic rings. The van der Waals surface area contributed by atoms with Crippen LogP contribution in [0.25, 0.3) is 24.3 Å². The van der Waals surface area contributed by atoms with Crippen molar-refractivity contribution in [3.8, 4) is 0 Å². The number of amides is 2. The Morgan fingerprint density at radius 3 is 1.51 bits per heavy atom. The van der Waals surface area contributed by atoms with Crippen molar-refractivity contribution in [1.29, 1.82) is 0 Å². The first-order chi connectivity index (χ1) is 28.9. The second kappa shape index (κ2) is 28.0. The number of carbonyl (C=O) groups excluding carboxylic acids is 2. The van der Waals surface area contributed by atoms with Gasteiger partial charge in [-0.2, -0.15) is 0 Å². The van der Waals surface area contributed by atoms with E-state index in [2.05, 4.69) is 68.5 Å². The van der Waals surface area contributed by atoms with Gasteiger partial charge in [-0.1, -0.05) is 70.2 Å². The molecule has 0 saturated carbocycles. The number of aliphatic hydroxyl groups excluding tert-OH is 4. The molecule has 59 heavy (non-hydrogen) atoms. The number of benzene rings is 2. The number of aliphatic hydroxyl groups is 4. The minimum Gasteiger partial charge on any atom is -0.395 e. The van der Waals surface area contributed by atoms with E-state index in [1.54, 1.807) is 21.6 Å². The van der Waals surface area contributed by atoms with Gasteiger partial charge in [0.2, 0.25) is 11.8 Å². The highest BCUT2D eigenvalue weighted by atomic mass is 33.1. The average molecular weight is 846 g/mol. The maximum atomic E-state index is 12.3. The summed E-state index contributed by atoms with van der Waals surface area (Å²) in [5, 5.41) is 43.1. The standard InChI is InChI=1S/C45H60N6O6S2/c52-31-27-50(28-32-53)42-11-7-38(8-12-42)3-4-40-15-24-48(25-16-40)22-1-20-46-44(56)18-35-58-59-36-19-45(57)47-21-2-23-49-26-17-41(37-49)6-5-39-9-13-43(14-10-39)51(29-33-54)30-34-55/h3-17,24-26,37,52-55H,1-2,18-23,27-36H2,(H-,46,47,56,57)/p+1/b6-5+. The summed E-state index contributed by atoms with van der Waals surface area (Å²) >= 11 is 0. The molecule has 0 saturated heterocycles. The highest BCUT2D eigenvalue weighted by molar-refractivity contribution is 8.76. The molecule has 2 heterocycles. The maximum absolute atomic E-state index is 12.3. The van der Waals surface area contributed by atoms with Gasteiger partial charge in [0, 0.05) is 112 Å². The summed E-state index contributed by atoms with van der Waals surface area (Å²) in [6.45, 7) is 4.93. The Morgan fingerprint density at radius 1 is 0.593 bits per heavy atom. The summed E-state index contributed by atoms with van der Waals surface area (Å²) < 4.78 is 4.23. The van der Waals surface area contributed by atoms with E-state index in [1.165, 1.54) is 0 Å². The van der Waals surface area contributed by atoms with E-state index in [9.17, 15) is 30.0 Å². The molecule has 0 aliphatic heterocycles. The van der Waals surface area contributed by atoms with Gasteiger partial charge in [-0.25, -0.2) is 4.57 Å².